The first-order valence-electron chi connectivity index (χ1n) is 20.8. The lowest BCUT2D eigenvalue weighted by molar-refractivity contribution is 1.18. The summed E-state index contributed by atoms with van der Waals surface area (Å²) >= 11 is 0. The molecule has 284 valence electrons. The number of para-hydroxylation sites is 2. The summed E-state index contributed by atoms with van der Waals surface area (Å²) < 4.78 is 2.36. The van der Waals surface area contributed by atoms with Gasteiger partial charge in [-0.05, 0) is 97.0 Å². The lowest BCUT2D eigenvalue weighted by atomic mass is 9.91. The molecule has 12 aromatic rings. The van der Waals surface area contributed by atoms with Crippen LogP contribution in [0.15, 0.2) is 224 Å². The van der Waals surface area contributed by atoms with Crippen molar-refractivity contribution < 1.29 is 0 Å². The number of hydrogen-bond acceptors (Lipinski definition) is 2. The molecule has 0 spiro atoms. The molecule has 0 saturated carbocycles. The van der Waals surface area contributed by atoms with E-state index in [9.17, 15) is 0 Å². The number of benzene rings is 10. The maximum Gasteiger partial charge on any atom is 0.160 e. The molecular formula is C58H37N3. The van der Waals surface area contributed by atoms with Crippen molar-refractivity contribution in [3.63, 3.8) is 0 Å². The van der Waals surface area contributed by atoms with E-state index in [1.54, 1.807) is 0 Å². The van der Waals surface area contributed by atoms with Gasteiger partial charge in [-0.2, -0.15) is 0 Å². The molecule has 3 nitrogen and oxygen atoms in total. The lowest BCUT2D eigenvalue weighted by Gasteiger charge is -2.15. The Morgan fingerprint density at radius 1 is 0.279 bits per heavy atom. The third kappa shape index (κ3) is 5.98. The molecule has 0 radical (unpaired) electrons. The SMILES string of the molecule is c1ccc(-c2ccc(-c3nc(-c4ccc(-c5ccc6c(c5)c5ccccc5n6-c5ccccc5)cc4)cc(-c4c5ccccc5cc5c4ccc4ccccc45)n3)cc2)cc1. The second-order valence-electron chi connectivity index (χ2n) is 15.8. The van der Waals surface area contributed by atoms with Gasteiger partial charge in [0.2, 0.25) is 0 Å². The molecule has 2 heterocycles. The van der Waals surface area contributed by atoms with Crippen LogP contribution < -0.4 is 0 Å². The Bertz CT molecular complexity index is 3610. The molecule has 12 rings (SSSR count). The molecule has 10 aromatic carbocycles. The van der Waals surface area contributed by atoms with Crippen molar-refractivity contribution in [3.05, 3.63) is 224 Å². The molecule has 0 amide bonds. The summed E-state index contributed by atoms with van der Waals surface area (Å²) in [5.74, 6) is 0.693. The van der Waals surface area contributed by atoms with Crippen molar-refractivity contribution in [2.24, 2.45) is 0 Å². The average Bonchev–Trinajstić information content (AvgIpc) is 3.67. The first-order valence-corrected chi connectivity index (χ1v) is 20.8. The van der Waals surface area contributed by atoms with Crippen LogP contribution >= 0.6 is 0 Å². The highest BCUT2D eigenvalue weighted by molar-refractivity contribution is 6.20. The Morgan fingerprint density at radius 3 is 1.62 bits per heavy atom. The van der Waals surface area contributed by atoms with Crippen LogP contribution in [0.25, 0.3) is 116 Å². The summed E-state index contributed by atoms with van der Waals surface area (Å²) in [5, 5.41) is 9.67. The Hall–Kier alpha value is -8.14. The van der Waals surface area contributed by atoms with Crippen LogP contribution in [-0.2, 0) is 0 Å². The smallest absolute Gasteiger partial charge is 0.160 e. The molecule has 0 unspecified atom stereocenters. The largest absolute Gasteiger partial charge is 0.309 e. The van der Waals surface area contributed by atoms with Crippen LogP contribution in [0.5, 0.6) is 0 Å². The van der Waals surface area contributed by atoms with E-state index in [0.717, 1.165) is 44.9 Å². The highest BCUT2D eigenvalue weighted by atomic mass is 15.0. The first kappa shape index (κ1) is 34.9. The summed E-state index contributed by atoms with van der Waals surface area (Å²) in [6, 6.07) is 80.4. The predicted molar refractivity (Wildman–Crippen MR) is 256 cm³/mol. The zero-order valence-electron chi connectivity index (χ0n) is 33.2. The zero-order valence-corrected chi connectivity index (χ0v) is 33.2. The van der Waals surface area contributed by atoms with E-state index in [1.165, 1.54) is 65.3 Å². The second-order valence-corrected chi connectivity index (χ2v) is 15.8. The summed E-state index contributed by atoms with van der Waals surface area (Å²) in [5.41, 5.74) is 13.1. The van der Waals surface area contributed by atoms with E-state index >= 15 is 0 Å². The monoisotopic (exact) mass is 775 g/mol. The van der Waals surface area contributed by atoms with Crippen molar-refractivity contribution in [2.45, 2.75) is 0 Å². The van der Waals surface area contributed by atoms with Crippen LogP contribution in [0.2, 0.25) is 0 Å². The van der Waals surface area contributed by atoms with E-state index in [-0.39, 0.29) is 0 Å². The molecule has 0 atom stereocenters. The van der Waals surface area contributed by atoms with E-state index in [2.05, 4.69) is 229 Å². The van der Waals surface area contributed by atoms with Gasteiger partial charge in [-0.25, -0.2) is 9.97 Å². The van der Waals surface area contributed by atoms with Gasteiger partial charge in [0, 0.05) is 33.2 Å². The highest BCUT2D eigenvalue weighted by Gasteiger charge is 2.18. The Morgan fingerprint density at radius 2 is 0.836 bits per heavy atom. The number of nitrogens with zero attached hydrogens (tertiary/aromatic N) is 3. The van der Waals surface area contributed by atoms with E-state index < -0.39 is 0 Å². The quantitative estimate of drug-likeness (QED) is 0.124. The molecule has 0 bridgehead atoms. The lowest BCUT2D eigenvalue weighted by Crippen LogP contribution is -1.97. The Labute approximate surface area is 353 Å². The average molecular weight is 776 g/mol. The van der Waals surface area contributed by atoms with Gasteiger partial charge in [0.1, 0.15) is 0 Å². The number of rotatable bonds is 6. The summed E-state index contributed by atoms with van der Waals surface area (Å²) in [4.78, 5) is 10.7. The van der Waals surface area contributed by atoms with Crippen molar-refractivity contribution in [3.8, 4) is 61.8 Å². The molecule has 0 aliphatic heterocycles. The van der Waals surface area contributed by atoms with Crippen LogP contribution in [-0.4, -0.2) is 14.5 Å². The maximum atomic E-state index is 5.41. The van der Waals surface area contributed by atoms with Gasteiger partial charge in [-0.15, -0.1) is 0 Å². The van der Waals surface area contributed by atoms with E-state index in [0.29, 0.717) is 5.82 Å². The van der Waals surface area contributed by atoms with Crippen molar-refractivity contribution in [2.75, 3.05) is 0 Å². The van der Waals surface area contributed by atoms with Crippen molar-refractivity contribution >= 4 is 54.1 Å². The third-order valence-corrected chi connectivity index (χ3v) is 12.2. The van der Waals surface area contributed by atoms with E-state index in [1.807, 2.05) is 0 Å². The third-order valence-electron chi connectivity index (χ3n) is 12.2. The summed E-state index contributed by atoms with van der Waals surface area (Å²) in [6.07, 6.45) is 0. The Kier molecular flexibility index (Phi) is 8.17. The fraction of sp³-hybridized carbons (Fsp3) is 0. The molecule has 0 N–H and O–H groups in total. The number of aromatic nitrogens is 3. The van der Waals surface area contributed by atoms with Crippen LogP contribution in [0, 0.1) is 0 Å². The van der Waals surface area contributed by atoms with Crippen LogP contribution in [0.4, 0.5) is 0 Å². The van der Waals surface area contributed by atoms with Gasteiger partial charge < -0.3 is 4.57 Å². The highest BCUT2D eigenvalue weighted by Crippen LogP contribution is 2.41. The minimum atomic E-state index is 0.693. The molecule has 0 aliphatic carbocycles. The van der Waals surface area contributed by atoms with Crippen molar-refractivity contribution in [1.82, 2.24) is 14.5 Å². The fourth-order valence-electron chi connectivity index (χ4n) is 9.23. The Balaban J connectivity index is 1.01. The summed E-state index contributed by atoms with van der Waals surface area (Å²) in [7, 11) is 0. The van der Waals surface area contributed by atoms with Gasteiger partial charge in [0.05, 0.1) is 22.4 Å². The van der Waals surface area contributed by atoms with Gasteiger partial charge in [-0.1, -0.05) is 182 Å². The minimum Gasteiger partial charge on any atom is -0.309 e. The first-order chi connectivity index (χ1) is 30.2. The van der Waals surface area contributed by atoms with Gasteiger partial charge >= 0.3 is 0 Å². The van der Waals surface area contributed by atoms with Crippen LogP contribution in [0.1, 0.15) is 0 Å². The number of hydrogen-bond donors (Lipinski definition) is 0. The van der Waals surface area contributed by atoms with Gasteiger partial charge in [0.15, 0.2) is 5.82 Å². The standard InChI is InChI=1S/C58H37N3/c1-3-13-38(14-4-1)39-25-29-43(30-26-39)58-59-53(37-54(60-58)57-48-20-10-8-16-45(48)36-51-47-19-9-7-15-41(47)31-33-50(51)57)42-27-23-40(24-28-42)44-32-34-56-52(35-44)49-21-11-12-22-55(49)61(56)46-17-5-2-6-18-46/h1-37H. The van der Waals surface area contributed by atoms with Gasteiger partial charge in [-0.3, -0.25) is 0 Å². The molecule has 0 fully saturated rings. The fourth-order valence-corrected chi connectivity index (χ4v) is 9.23. The van der Waals surface area contributed by atoms with Gasteiger partial charge in [0.25, 0.3) is 0 Å². The topological polar surface area (TPSA) is 30.7 Å². The van der Waals surface area contributed by atoms with E-state index in [4.69, 9.17) is 9.97 Å². The second kappa shape index (κ2) is 14.3. The van der Waals surface area contributed by atoms with Crippen molar-refractivity contribution in [1.29, 1.82) is 0 Å². The molecular weight excluding hydrogens is 739 g/mol. The predicted octanol–water partition coefficient (Wildman–Crippen LogP) is 15.4. The normalized spacial score (nSPS) is 11.6. The molecule has 0 saturated heterocycles. The maximum absolute atomic E-state index is 5.41. The minimum absolute atomic E-state index is 0.693. The zero-order chi connectivity index (χ0) is 40.3. The number of fused-ring (bicyclic) bond motifs is 7. The summed E-state index contributed by atoms with van der Waals surface area (Å²) in [6.45, 7) is 0. The molecule has 3 heteroatoms. The molecule has 2 aromatic heterocycles. The molecule has 0 aliphatic rings. The van der Waals surface area contributed by atoms with Crippen LogP contribution in [0.3, 0.4) is 0 Å². The molecule has 61 heavy (non-hydrogen) atoms.